The summed E-state index contributed by atoms with van der Waals surface area (Å²) >= 11 is 0. The zero-order valence-corrected chi connectivity index (χ0v) is 13.1. The predicted octanol–water partition coefficient (Wildman–Crippen LogP) is 2.08. The fourth-order valence-corrected chi connectivity index (χ4v) is 3.86. The lowest BCUT2D eigenvalue weighted by Crippen LogP contribution is -2.33. The number of hydrogen-bond donors (Lipinski definition) is 0. The lowest BCUT2D eigenvalue weighted by molar-refractivity contribution is -0.117. The van der Waals surface area contributed by atoms with Crippen molar-refractivity contribution in [1.29, 1.82) is 0 Å². The molecule has 2 aliphatic heterocycles. The van der Waals surface area contributed by atoms with Crippen molar-refractivity contribution in [1.82, 2.24) is 0 Å². The summed E-state index contributed by atoms with van der Waals surface area (Å²) in [5, 5.41) is -1.26. The fraction of sp³-hybridized carbons (Fsp3) is 0.533. The van der Waals surface area contributed by atoms with Crippen LogP contribution >= 0.6 is 0 Å². The van der Waals surface area contributed by atoms with Gasteiger partial charge in [-0.05, 0) is 31.4 Å². The van der Waals surface area contributed by atoms with Gasteiger partial charge >= 0.3 is 10.2 Å². The van der Waals surface area contributed by atoms with Gasteiger partial charge in [-0.3, -0.25) is 4.79 Å². The molecule has 5 nitrogen and oxygen atoms in total. The molecule has 1 aromatic rings. The third kappa shape index (κ3) is 2.95. The van der Waals surface area contributed by atoms with Crippen LogP contribution in [0.3, 0.4) is 0 Å². The van der Waals surface area contributed by atoms with Gasteiger partial charge in [0, 0.05) is 26.1 Å². The molecular formula is C15H19FN2O3S. The number of nitrogens with zero attached hydrogens (tertiary/aromatic N) is 2. The Morgan fingerprint density at radius 2 is 1.68 bits per heavy atom. The molecule has 1 amide bonds. The minimum atomic E-state index is -4.69. The zero-order valence-electron chi connectivity index (χ0n) is 12.2. The van der Waals surface area contributed by atoms with Gasteiger partial charge in [-0.15, -0.1) is 3.89 Å². The zero-order chi connectivity index (χ0) is 15.7. The van der Waals surface area contributed by atoms with Crippen molar-refractivity contribution in [3.05, 3.63) is 24.3 Å². The van der Waals surface area contributed by atoms with Crippen LogP contribution in [-0.4, -0.2) is 39.2 Å². The van der Waals surface area contributed by atoms with E-state index in [1.807, 2.05) is 18.2 Å². The molecule has 0 bridgehead atoms. The number of para-hydroxylation sites is 2. The Bertz CT molecular complexity index is 671. The van der Waals surface area contributed by atoms with Crippen molar-refractivity contribution in [2.24, 2.45) is 0 Å². The van der Waals surface area contributed by atoms with Crippen molar-refractivity contribution in [2.45, 2.75) is 30.9 Å². The van der Waals surface area contributed by atoms with Gasteiger partial charge in [-0.1, -0.05) is 12.1 Å². The fourth-order valence-electron chi connectivity index (χ4n) is 3.19. The van der Waals surface area contributed by atoms with Crippen molar-refractivity contribution in [2.75, 3.05) is 29.4 Å². The van der Waals surface area contributed by atoms with E-state index in [2.05, 4.69) is 4.90 Å². The molecular weight excluding hydrogens is 307 g/mol. The van der Waals surface area contributed by atoms with Gasteiger partial charge in [0.25, 0.3) is 0 Å². The van der Waals surface area contributed by atoms with Crippen LogP contribution in [0.5, 0.6) is 0 Å². The molecule has 1 atom stereocenters. The SMILES string of the molecule is O=C1CC(S(=O)(=O)F)CN1c1ccccc1N1CCCCC1. The van der Waals surface area contributed by atoms with E-state index >= 15 is 0 Å². The first kappa shape index (κ1) is 15.3. The molecule has 120 valence electrons. The van der Waals surface area contributed by atoms with Gasteiger partial charge in [0.05, 0.1) is 11.4 Å². The number of halogens is 1. The number of rotatable bonds is 3. The normalized spacial score (nSPS) is 23.1. The van der Waals surface area contributed by atoms with E-state index in [9.17, 15) is 17.1 Å². The van der Waals surface area contributed by atoms with E-state index in [1.54, 1.807) is 6.07 Å². The first-order valence-corrected chi connectivity index (χ1v) is 8.99. The molecule has 2 aliphatic rings. The molecule has 0 aromatic heterocycles. The summed E-state index contributed by atoms with van der Waals surface area (Å²) in [6.45, 7) is 1.73. The van der Waals surface area contributed by atoms with Gasteiger partial charge in [0.1, 0.15) is 5.25 Å². The summed E-state index contributed by atoms with van der Waals surface area (Å²) in [5.74, 6) is -0.337. The molecule has 1 aromatic carbocycles. The molecule has 7 heteroatoms. The second-order valence-corrected chi connectivity index (χ2v) is 7.46. The van der Waals surface area contributed by atoms with Crippen LogP contribution in [0.1, 0.15) is 25.7 Å². The highest BCUT2D eigenvalue weighted by molar-refractivity contribution is 7.87. The summed E-state index contributed by atoms with van der Waals surface area (Å²) in [6, 6.07) is 7.45. The van der Waals surface area contributed by atoms with Gasteiger partial charge in [-0.25, -0.2) is 0 Å². The van der Waals surface area contributed by atoms with E-state index < -0.39 is 15.5 Å². The maximum atomic E-state index is 13.2. The highest BCUT2D eigenvalue weighted by Crippen LogP contribution is 2.35. The van der Waals surface area contributed by atoms with Crippen LogP contribution in [-0.2, 0) is 15.0 Å². The number of carbonyl (C=O) groups excluding carboxylic acids is 1. The number of piperidine rings is 1. The number of hydrogen-bond acceptors (Lipinski definition) is 4. The van der Waals surface area contributed by atoms with Crippen LogP contribution in [0.25, 0.3) is 0 Å². The third-order valence-corrected chi connectivity index (χ3v) is 5.47. The Labute approximate surface area is 129 Å². The molecule has 2 heterocycles. The molecule has 2 saturated heterocycles. The second kappa shape index (κ2) is 5.87. The summed E-state index contributed by atoms with van der Waals surface area (Å²) in [7, 11) is -4.69. The number of anilines is 2. The van der Waals surface area contributed by atoms with E-state index in [1.165, 1.54) is 11.3 Å². The summed E-state index contributed by atoms with van der Waals surface area (Å²) < 4.78 is 35.4. The Kier molecular flexibility index (Phi) is 4.08. The predicted molar refractivity (Wildman–Crippen MR) is 83.3 cm³/mol. The largest absolute Gasteiger partial charge is 0.370 e. The van der Waals surface area contributed by atoms with Gasteiger partial charge in [-0.2, -0.15) is 8.42 Å². The van der Waals surface area contributed by atoms with Crippen LogP contribution in [0.4, 0.5) is 15.3 Å². The highest BCUT2D eigenvalue weighted by atomic mass is 32.3. The second-order valence-electron chi connectivity index (χ2n) is 5.84. The number of carbonyl (C=O) groups is 1. The number of benzene rings is 1. The lowest BCUT2D eigenvalue weighted by Gasteiger charge is -2.32. The summed E-state index contributed by atoms with van der Waals surface area (Å²) in [5.41, 5.74) is 1.60. The van der Waals surface area contributed by atoms with Crippen molar-refractivity contribution < 1.29 is 17.1 Å². The molecule has 2 fully saturated rings. The average Bonchev–Trinajstić information content (AvgIpc) is 2.90. The van der Waals surface area contributed by atoms with Gasteiger partial charge in [0.2, 0.25) is 5.91 Å². The summed E-state index contributed by atoms with van der Waals surface area (Å²) in [6.07, 6.45) is 3.12. The van der Waals surface area contributed by atoms with Crippen LogP contribution in [0, 0.1) is 0 Å². The molecule has 1 unspecified atom stereocenters. The molecule has 0 aliphatic carbocycles. The third-order valence-electron chi connectivity index (χ3n) is 4.36. The van der Waals surface area contributed by atoms with E-state index in [4.69, 9.17) is 0 Å². The maximum Gasteiger partial charge on any atom is 0.307 e. The van der Waals surface area contributed by atoms with Crippen molar-refractivity contribution >= 4 is 27.5 Å². The molecule has 0 N–H and O–H groups in total. The smallest absolute Gasteiger partial charge is 0.307 e. The molecule has 0 saturated carbocycles. The van der Waals surface area contributed by atoms with Gasteiger partial charge in [0.15, 0.2) is 0 Å². The maximum absolute atomic E-state index is 13.2. The first-order chi connectivity index (χ1) is 10.5. The Morgan fingerprint density at radius 3 is 2.27 bits per heavy atom. The Morgan fingerprint density at radius 1 is 1.05 bits per heavy atom. The van der Waals surface area contributed by atoms with Crippen LogP contribution < -0.4 is 9.80 Å². The monoisotopic (exact) mass is 326 g/mol. The van der Waals surface area contributed by atoms with E-state index in [-0.39, 0.29) is 18.9 Å². The molecule has 3 rings (SSSR count). The quantitative estimate of drug-likeness (QED) is 0.798. The van der Waals surface area contributed by atoms with Crippen LogP contribution in [0.15, 0.2) is 24.3 Å². The van der Waals surface area contributed by atoms with Crippen LogP contribution in [0.2, 0.25) is 0 Å². The molecule has 22 heavy (non-hydrogen) atoms. The average molecular weight is 326 g/mol. The molecule has 0 radical (unpaired) electrons. The Balaban J connectivity index is 1.90. The molecule has 0 spiro atoms. The number of amides is 1. The highest BCUT2D eigenvalue weighted by Gasteiger charge is 2.40. The first-order valence-electron chi connectivity index (χ1n) is 7.54. The lowest BCUT2D eigenvalue weighted by atomic mass is 10.1. The topological polar surface area (TPSA) is 57.7 Å². The minimum absolute atomic E-state index is 0.109. The van der Waals surface area contributed by atoms with E-state index in [0.717, 1.165) is 31.6 Å². The minimum Gasteiger partial charge on any atom is -0.370 e. The Hall–Kier alpha value is -1.63. The summed E-state index contributed by atoms with van der Waals surface area (Å²) in [4.78, 5) is 15.8. The standard InChI is InChI=1S/C15H19FN2O3S/c16-22(20,21)12-10-15(19)18(11-12)14-7-3-2-6-13(14)17-8-4-1-5-9-17/h2-3,6-7,12H,1,4-5,8-11H2. The van der Waals surface area contributed by atoms with Crippen molar-refractivity contribution in [3.63, 3.8) is 0 Å². The van der Waals surface area contributed by atoms with Gasteiger partial charge < -0.3 is 9.80 Å². The van der Waals surface area contributed by atoms with Crippen molar-refractivity contribution in [3.8, 4) is 0 Å². The van der Waals surface area contributed by atoms with E-state index in [0.29, 0.717) is 5.69 Å².